The summed E-state index contributed by atoms with van der Waals surface area (Å²) < 4.78 is 31.3. The van der Waals surface area contributed by atoms with Gasteiger partial charge in [0.05, 0.1) is 19.3 Å². The molecule has 194 valence electrons. The summed E-state index contributed by atoms with van der Waals surface area (Å²) in [5.41, 5.74) is 2.75. The summed E-state index contributed by atoms with van der Waals surface area (Å²) in [7, 11) is 0. The van der Waals surface area contributed by atoms with E-state index in [1.165, 1.54) is 12.1 Å². The van der Waals surface area contributed by atoms with Gasteiger partial charge in [0.2, 0.25) is 5.91 Å². The zero-order valence-electron chi connectivity index (χ0n) is 21.1. The van der Waals surface area contributed by atoms with Crippen LogP contribution in [0.15, 0.2) is 59.0 Å². The Hall–Kier alpha value is -3.65. The maximum Gasteiger partial charge on any atom is 0.289 e. The first kappa shape index (κ1) is 25.0. The molecular weight excluding hydrogens is 475 g/mol. The van der Waals surface area contributed by atoms with Gasteiger partial charge in [0.1, 0.15) is 23.9 Å². The first-order valence-corrected chi connectivity index (χ1v) is 12.7. The fourth-order valence-corrected chi connectivity index (χ4v) is 4.94. The summed E-state index contributed by atoms with van der Waals surface area (Å²) in [6.07, 6.45) is 0.713. The molecule has 1 fully saturated rings. The molecule has 1 atom stereocenters. The van der Waals surface area contributed by atoms with Gasteiger partial charge in [0.15, 0.2) is 5.76 Å². The molecule has 1 aromatic heterocycles. The van der Waals surface area contributed by atoms with Crippen LogP contribution in [0.25, 0.3) is 0 Å². The molecule has 2 amide bonds. The Morgan fingerprint density at radius 1 is 1.05 bits per heavy atom. The maximum atomic E-state index is 14.2. The molecule has 3 heterocycles. The lowest BCUT2D eigenvalue weighted by atomic mass is 9.87. The molecular formula is C29H31FN2O5. The Bertz CT molecular complexity index is 1280. The smallest absolute Gasteiger partial charge is 0.289 e. The van der Waals surface area contributed by atoms with Crippen LogP contribution in [0.2, 0.25) is 0 Å². The van der Waals surface area contributed by atoms with Crippen LogP contribution in [0.5, 0.6) is 5.75 Å². The molecule has 1 saturated heterocycles. The van der Waals surface area contributed by atoms with Crippen molar-refractivity contribution in [1.29, 1.82) is 0 Å². The molecule has 0 N–H and O–H groups in total. The van der Waals surface area contributed by atoms with Crippen molar-refractivity contribution in [2.24, 2.45) is 5.92 Å². The molecule has 2 aliphatic rings. The molecule has 0 bridgehead atoms. The maximum absolute atomic E-state index is 14.2. The minimum absolute atomic E-state index is 0.0271. The van der Waals surface area contributed by atoms with Gasteiger partial charge < -0.3 is 23.7 Å². The van der Waals surface area contributed by atoms with Crippen molar-refractivity contribution in [2.45, 2.75) is 32.9 Å². The van der Waals surface area contributed by atoms with Crippen molar-refractivity contribution in [3.63, 3.8) is 0 Å². The zero-order chi connectivity index (χ0) is 25.9. The minimum atomic E-state index is -0.403. The molecule has 7 nitrogen and oxygen atoms in total. The minimum Gasteiger partial charge on any atom is -0.486 e. The van der Waals surface area contributed by atoms with E-state index >= 15 is 0 Å². The first-order chi connectivity index (χ1) is 17.9. The molecule has 1 unspecified atom stereocenters. The number of rotatable bonds is 6. The van der Waals surface area contributed by atoms with Gasteiger partial charge in [0.25, 0.3) is 5.91 Å². The van der Waals surface area contributed by atoms with E-state index in [2.05, 4.69) is 0 Å². The van der Waals surface area contributed by atoms with Gasteiger partial charge in [-0.2, -0.15) is 0 Å². The van der Waals surface area contributed by atoms with Crippen LogP contribution < -0.4 is 4.74 Å². The van der Waals surface area contributed by atoms with E-state index in [9.17, 15) is 14.0 Å². The third-order valence-electron chi connectivity index (χ3n) is 6.84. The van der Waals surface area contributed by atoms with E-state index in [1.54, 1.807) is 23.1 Å². The van der Waals surface area contributed by atoms with Crippen molar-refractivity contribution in [1.82, 2.24) is 9.80 Å². The second kappa shape index (κ2) is 10.8. The lowest BCUT2D eigenvalue weighted by Crippen LogP contribution is -2.42. The van der Waals surface area contributed by atoms with Crippen molar-refractivity contribution in [3.8, 4) is 5.75 Å². The largest absolute Gasteiger partial charge is 0.486 e. The molecule has 2 aromatic carbocycles. The highest BCUT2D eigenvalue weighted by atomic mass is 19.1. The van der Waals surface area contributed by atoms with Crippen LogP contribution >= 0.6 is 0 Å². The van der Waals surface area contributed by atoms with E-state index < -0.39 is 6.04 Å². The molecule has 5 rings (SSSR count). The summed E-state index contributed by atoms with van der Waals surface area (Å²) in [6, 6.07) is 15.2. The standard InChI is InChI=1S/C29H31FN2O5/c1-19(2)28(33)32-11-10-20-6-7-23(17-25(20)27(32)21-4-3-5-22(30)16-21)36-18-24-8-9-26(37-24)29(34)31-12-14-35-15-13-31/h3-9,16-17,19,27H,10-15,18H2,1-2H3. The van der Waals surface area contributed by atoms with Crippen molar-refractivity contribution in [3.05, 3.63) is 88.6 Å². The van der Waals surface area contributed by atoms with E-state index in [4.69, 9.17) is 13.9 Å². The van der Waals surface area contributed by atoms with Gasteiger partial charge in [-0.15, -0.1) is 0 Å². The highest BCUT2D eigenvalue weighted by Gasteiger charge is 2.33. The molecule has 3 aromatic rings. The number of fused-ring (bicyclic) bond motifs is 1. The van der Waals surface area contributed by atoms with Crippen LogP contribution in [-0.4, -0.2) is 54.5 Å². The summed E-state index contributed by atoms with van der Waals surface area (Å²) in [6.45, 7) is 6.61. The number of hydrogen-bond donors (Lipinski definition) is 0. The van der Waals surface area contributed by atoms with Crippen LogP contribution in [0.1, 0.15) is 52.9 Å². The van der Waals surface area contributed by atoms with Crippen LogP contribution in [0, 0.1) is 11.7 Å². The highest BCUT2D eigenvalue weighted by molar-refractivity contribution is 5.91. The van der Waals surface area contributed by atoms with E-state index in [1.807, 2.05) is 43.0 Å². The Morgan fingerprint density at radius 2 is 1.86 bits per heavy atom. The molecule has 0 aliphatic carbocycles. The SMILES string of the molecule is CC(C)C(=O)N1CCc2ccc(OCc3ccc(C(=O)N4CCOCC4)o3)cc2C1c1cccc(F)c1. The van der Waals surface area contributed by atoms with Gasteiger partial charge >= 0.3 is 0 Å². The molecule has 0 radical (unpaired) electrons. The number of amides is 2. The summed E-state index contributed by atoms with van der Waals surface area (Å²) in [5, 5.41) is 0. The topological polar surface area (TPSA) is 72.2 Å². The number of halogens is 1. The molecule has 8 heteroatoms. The Kier molecular flexibility index (Phi) is 7.28. The highest BCUT2D eigenvalue weighted by Crippen LogP contribution is 2.38. The number of benzene rings is 2. The predicted molar refractivity (Wildman–Crippen MR) is 135 cm³/mol. The third-order valence-corrected chi connectivity index (χ3v) is 6.84. The van der Waals surface area contributed by atoms with E-state index in [0.29, 0.717) is 50.8 Å². The molecule has 2 aliphatic heterocycles. The fourth-order valence-electron chi connectivity index (χ4n) is 4.94. The lowest BCUT2D eigenvalue weighted by Gasteiger charge is -2.39. The fraction of sp³-hybridized carbons (Fsp3) is 0.379. The van der Waals surface area contributed by atoms with Crippen molar-refractivity contribution in [2.75, 3.05) is 32.8 Å². The van der Waals surface area contributed by atoms with Gasteiger partial charge in [-0.1, -0.05) is 32.0 Å². The molecule has 37 heavy (non-hydrogen) atoms. The first-order valence-electron chi connectivity index (χ1n) is 12.7. The number of hydrogen-bond acceptors (Lipinski definition) is 5. The Morgan fingerprint density at radius 3 is 2.62 bits per heavy atom. The van der Waals surface area contributed by atoms with Crippen molar-refractivity contribution < 1.29 is 27.9 Å². The second-order valence-electron chi connectivity index (χ2n) is 9.71. The quantitative estimate of drug-likeness (QED) is 0.489. The Labute approximate surface area is 215 Å². The number of carbonyl (C=O) groups excluding carboxylic acids is 2. The molecule has 0 saturated carbocycles. The zero-order valence-corrected chi connectivity index (χ0v) is 21.1. The lowest BCUT2D eigenvalue weighted by molar-refractivity contribution is -0.136. The summed E-state index contributed by atoms with van der Waals surface area (Å²) in [4.78, 5) is 29.3. The predicted octanol–water partition coefficient (Wildman–Crippen LogP) is 4.60. The van der Waals surface area contributed by atoms with Crippen molar-refractivity contribution >= 4 is 11.8 Å². The van der Waals surface area contributed by atoms with E-state index in [-0.39, 0.29) is 35.9 Å². The van der Waals surface area contributed by atoms with Crippen LogP contribution in [-0.2, 0) is 22.6 Å². The number of ether oxygens (including phenoxy) is 2. The summed E-state index contributed by atoms with van der Waals surface area (Å²) >= 11 is 0. The Balaban J connectivity index is 1.36. The number of morpholine rings is 1. The molecule has 0 spiro atoms. The second-order valence-corrected chi connectivity index (χ2v) is 9.71. The monoisotopic (exact) mass is 506 g/mol. The van der Waals surface area contributed by atoms with E-state index in [0.717, 1.165) is 16.7 Å². The third kappa shape index (κ3) is 5.39. The summed E-state index contributed by atoms with van der Waals surface area (Å²) in [5.74, 6) is 0.777. The average Bonchev–Trinajstić information content (AvgIpc) is 3.40. The van der Waals surface area contributed by atoms with Crippen LogP contribution in [0.3, 0.4) is 0 Å². The number of carbonyl (C=O) groups is 2. The van der Waals surface area contributed by atoms with Crippen LogP contribution in [0.4, 0.5) is 4.39 Å². The van der Waals surface area contributed by atoms with Gasteiger partial charge in [0, 0.05) is 25.6 Å². The normalized spacial score (nSPS) is 17.6. The number of nitrogens with zero attached hydrogens (tertiary/aromatic N) is 2. The van der Waals surface area contributed by atoms with Gasteiger partial charge in [-0.3, -0.25) is 9.59 Å². The average molecular weight is 507 g/mol. The number of furan rings is 1. The van der Waals surface area contributed by atoms with Gasteiger partial charge in [-0.25, -0.2) is 4.39 Å². The van der Waals surface area contributed by atoms with Gasteiger partial charge in [-0.05, 0) is 59.5 Å².